The molecule has 2 aromatic carbocycles. The van der Waals surface area contributed by atoms with Gasteiger partial charge in [-0.3, -0.25) is 0 Å². The van der Waals surface area contributed by atoms with Crippen LogP contribution in [-0.2, 0) is 13.0 Å². The van der Waals surface area contributed by atoms with Crippen molar-refractivity contribution in [3.8, 4) is 12.1 Å². The van der Waals surface area contributed by atoms with Crippen molar-refractivity contribution < 1.29 is 5.11 Å². The van der Waals surface area contributed by atoms with Crippen LogP contribution in [0.3, 0.4) is 0 Å². The van der Waals surface area contributed by atoms with Crippen molar-refractivity contribution in [3.05, 3.63) is 67.4 Å². The third-order valence-corrected chi connectivity index (χ3v) is 9.19. The molecule has 1 fully saturated rings. The van der Waals surface area contributed by atoms with Crippen molar-refractivity contribution in [2.24, 2.45) is 0 Å². The van der Waals surface area contributed by atoms with Gasteiger partial charge in [0.15, 0.2) is 5.16 Å². The van der Waals surface area contributed by atoms with Gasteiger partial charge in [0.1, 0.15) is 24.1 Å². The number of halogens is 5. The minimum atomic E-state index is -1.39. The predicted molar refractivity (Wildman–Crippen MR) is 133 cm³/mol. The van der Waals surface area contributed by atoms with E-state index in [9.17, 15) is 15.6 Å². The summed E-state index contributed by atoms with van der Waals surface area (Å²) in [5.74, 6) is 0. The maximum absolute atomic E-state index is 11.7. The van der Waals surface area contributed by atoms with E-state index in [0.717, 1.165) is 17.3 Å². The molecule has 1 unspecified atom stereocenters. The van der Waals surface area contributed by atoms with Crippen molar-refractivity contribution >= 4 is 69.8 Å². The number of nitrogens with zero attached hydrogens (tertiary/aromatic N) is 5. The molecule has 0 bridgehead atoms. The number of hydrogen-bond donors (Lipinski definition) is 1. The van der Waals surface area contributed by atoms with Crippen molar-refractivity contribution in [2.75, 3.05) is 0 Å². The Morgan fingerprint density at radius 1 is 1.06 bits per heavy atom. The van der Waals surface area contributed by atoms with Crippen LogP contribution in [0.1, 0.15) is 29.5 Å². The minimum Gasteiger partial charge on any atom is -0.386 e. The van der Waals surface area contributed by atoms with Crippen LogP contribution in [0.4, 0.5) is 0 Å². The fourth-order valence-electron chi connectivity index (χ4n) is 3.61. The van der Waals surface area contributed by atoms with Crippen LogP contribution in [0.5, 0.6) is 0 Å². The van der Waals surface area contributed by atoms with Crippen LogP contribution >= 0.6 is 69.8 Å². The summed E-state index contributed by atoms with van der Waals surface area (Å²) >= 11 is 32.6. The van der Waals surface area contributed by atoms with Gasteiger partial charge in [-0.25, -0.2) is 9.67 Å². The lowest BCUT2D eigenvalue weighted by Gasteiger charge is -2.33. The van der Waals surface area contributed by atoms with Crippen molar-refractivity contribution in [2.45, 2.75) is 46.3 Å². The van der Waals surface area contributed by atoms with Gasteiger partial charge in [-0.2, -0.15) is 15.6 Å². The van der Waals surface area contributed by atoms with Crippen molar-refractivity contribution in [1.82, 2.24) is 14.8 Å². The molecule has 1 aromatic heterocycles. The summed E-state index contributed by atoms with van der Waals surface area (Å²) in [7, 11) is 0. The van der Waals surface area contributed by atoms with Gasteiger partial charge in [-0.15, -0.1) is 11.6 Å². The summed E-state index contributed by atoms with van der Waals surface area (Å²) < 4.78 is 1.47. The number of alkyl halides is 1. The second kappa shape index (κ2) is 9.76. The van der Waals surface area contributed by atoms with Gasteiger partial charge in [0.2, 0.25) is 0 Å². The van der Waals surface area contributed by atoms with Gasteiger partial charge in [0, 0.05) is 11.4 Å². The van der Waals surface area contributed by atoms with Crippen molar-refractivity contribution in [1.29, 1.82) is 10.5 Å². The molecule has 1 saturated carbocycles. The lowest BCUT2D eigenvalue weighted by molar-refractivity contribution is 0.00526. The molecule has 12 heteroatoms. The molecule has 3 aromatic rings. The highest BCUT2D eigenvalue weighted by Gasteiger charge is 2.58. The zero-order valence-electron chi connectivity index (χ0n) is 17.2. The van der Waals surface area contributed by atoms with Crippen LogP contribution in [0.2, 0.25) is 20.1 Å². The van der Waals surface area contributed by atoms with Crippen LogP contribution in [0.15, 0.2) is 40.6 Å². The first-order valence-corrected chi connectivity index (χ1v) is 12.6. The highest BCUT2D eigenvalue weighted by Crippen LogP contribution is 2.53. The normalized spacial score (nSPS) is 15.9. The van der Waals surface area contributed by atoms with Gasteiger partial charge in [0.05, 0.1) is 42.5 Å². The molecule has 1 N–H and O–H groups in total. The average Bonchev–Trinajstić information content (AvgIpc) is 3.44. The Labute approximate surface area is 225 Å². The van der Waals surface area contributed by atoms with E-state index in [-0.39, 0.29) is 44.1 Å². The van der Waals surface area contributed by atoms with E-state index in [1.54, 1.807) is 6.07 Å². The van der Waals surface area contributed by atoms with E-state index in [4.69, 9.17) is 58.0 Å². The molecular weight excluding hydrogens is 560 g/mol. The molecule has 0 saturated heterocycles. The molecule has 0 radical (unpaired) electrons. The number of aromatic nitrogens is 3. The molecule has 0 amide bonds. The molecule has 4 rings (SSSR count). The number of nitriles is 2. The zero-order valence-corrected chi connectivity index (χ0v) is 21.8. The Kier molecular flexibility index (Phi) is 7.29. The Morgan fingerprint density at radius 2 is 1.68 bits per heavy atom. The first kappa shape index (κ1) is 25.4. The van der Waals surface area contributed by atoms with E-state index >= 15 is 0 Å². The first-order chi connectivity index (χ1) is 16.1. The van der Waals surface area contributed by atoms with Crippen LogP contribution in [0.25, 0.3) is 0 Å². The molecule has 1 aliphatic carbocycles. The Hall–Kier alpha value is -1.68. The van der Waals surface area contributed by atoms with Crippen LogP contribution in [-0.4, -0.2) is 30.3 Å². The van der Waals surface area contributed by atoms with Crippen LogP contribution < -0.4 is 0 Å². The topological polar surface area (TPSA) is 98.5 Å². The molecule has 1 aliphatic rings. The van der Waals surface area contributed by atoms with Gasteiger partial charge in [-0.05, 0) is 36.2 Å². The van der Waals surface area contributed by atoms with Gasteiger partial charge < -0.3 is 5.11 Å². The van der Waals surface area contributed by atoms with E-state index in [1.165, 1.54) is 11.0 Å². The number of benzene rings is 2. The molecule has 34 heavy (non-hydrogen) atoms. The quantitative estimate of drug-likeness (QED) is 0.255. The number of hydrogen-bond acceptors (Lipinski definition) is 6. The van der Waals surface area contributed by atoms with Gasteiger partial charge in [-0.1, -0.05) is 64.6 Å². The Bertz CT molecular complexity index is 1320. The maximum atomic E-state index is 11.7. The van der Waals surface area contributed by atoms with E-state index in [1.807, 2.05) is 30.3 Å². The highest BCUT2D eigenvalue weighted by molar-refractivity contribution is 7.99. The highest BCUT2D eigenvalue weighted by atomic mass is 35.5. The molecule has 0 spiro atoms. The standard InChI is InChI=1S/C22H14Cl5N5OS/c23-15-4-2-1-3-12(15)7-22(33,21(27)5-6-21)10-32-20(30-11-31-32)34-19-13(8-28)16(24)18(26)17(25)14(19)9-29/h1-4,11,33H,5-7,10H2. The lowest BCUT2D eigenvalue weighted by Crippen LogP contribution is -2.47. The second-order valence-electron chi connectivity index (χ2n) is 7.81. The Balaban J connectivity index is 1.72. The molecule has 174 valence electrons. The zero-order chi connectivity index (χ0) is 24.7. The third-order valence-electron chi connectivity index (χ3n) is 5.65. The molecule has 1 heterocycles. The Morgan fingerprint density at radius 3 is 2.24 bits per heavy atom. The SMILES string of the molecule is N#Cc1c(Cl)c(Cl)c(Cl)c(C#N)c1Sc1ncnn1CC(O)(Cc1ccccc1Cl)C1(Cl)CC1. The second-order valence-corrected chi connectivity index (χ2v) is 11.1. The van der Waals surface area contributed by atoms with Gasteiger partial charge in [0.25, 0.3) is 0 Å². The minimum absolute atomic E-state index is 0.00286. The molecule has 0 aliphatic heterocycles. The van der Waals surface area contributed by atoms with Gasteiger partial charge >= 0.3 is 0 Å². The maximum Gasteiger partial charge on any atom is 0.191 e. The molecular formula is C22H14Cl5N5OS. The van der Waals surface area contributed by atoms with E-state index in [2.05, 4.69) is 10.1 Å². The fourth-order valence-corrected chi connectivity index (χ4v) is 5.84. The van der Waals surface area contributed by atoms with Crippen molar-refractivity contribution in [3.63, 3.8) is 0 Å². The average molecular weight is 574 g/mol. The predicted octanol–water partition coefficient (Wildman–Crippen LogP) is 6.53. The number of rotatable bonds is 7. The van der Waals surface area contributed by atoms with E-state index < -0.39 is 10.5 Å². The smallest absolute Gasteiger partial charge is 0.191 e. The molecule has 1 atom stereocenters. The lowest BCUT2D eigenvalue weighted by atomic mass is 9.89. The summed E-state index contributed by atoms with van der Waals surface area (Å²) in [5, 5.41) is 35.9. The van der Waals surface area contributed by atoms with Crippen LogP contribution in [0, 0.1) is 22.7 Å². The fraction of sp³-hybridized carbons (Fsp3) is 0.273. The summed E-state index contributed by atoms with van der Waals surface area (Å²) in [6.07, 6.45) is 2.77. The third kappa shape index (κ3) is 4.59. The molecule has 6 nitrogen and oxygen atoms in total. The summed E-state index contributed by atoms with van der Waals surface area (Å²) in [6.45, 7) is 0.00286. The summed E-state index contributed by atoms with van der Waals surface area (Å²) in [4.78, 5) is 3.60. The largest absolute Gasteiger partial charge is 0.386 e. The number of aliphatic hydroxyl groups is 1. The van der Waals surface area contributed by atoms with E-state index in [0.29, 0.717) is 23.0 Å². The first-order valence-electron chi connectivity index (χ1n) is 9.85. The summed E-state index contributed by atoms with van der Waals surface area (Å²) in [6, 6.07) is 11.2. The summed E-state index contributed by atoms with van der Waals surface area (Å²) in [5.41, 5.74) is -0.653. The monoisotopic (exact) mass is 571 g/mol.